The second-order valence-corrected chi connectivity index (χ2v) is 6.11. The molecule has 1 N–H and O–H groups in total. The van der Waals surface area contributed by atoms with Crippen molar-refractivity contribution in [1.29, 1.82) is 0 Å². The second-order valence-electron chi connectivity index (χ2n) is 6.11. The van der Waals surface area contributed by atoms with Gasteiger partial charge in [0, 0.05) is 38.3 Å². The molecule has 1 aliphatic rings. The maximum atomic E-state index is 5.49. The third kappa shape index (κ3) is 4.24. The number of aliphatic imine (C=N–C) groups is 1. The Balaban J connectivity index is 2.12. The summed E-state index contributed by atoms with van der Waals surface area (Å²) in [5, 5.41) is 3.44. The molecule has 0 bridgehead atoms. The van der Waals surface area contributed by atoms with Gasteiger partial charge in [-0.25, -0.2) is 0 Å². The number of nitrogens with one attached hydrogen (secondary N) is 1. The Bertz CT molecular complexity index is 575. The summed E-state index contributed by atoms with van der Waals surface area (Å²) < 4.78 is 16.2. The monoisotopic (exact) mass is 335 g/mol. The van der Waals surface area contributed by atoms with Crippen LogP contribution >= 0.6 is 0 Å². The number of likely N-dealkylation sites (tertiary alicyclic amines) is 1. The van der Waals surface area contributed by atoms with Gasteiger partial charge in [0.15, 0.2) is 17.5 Å². The first-order valence-corrected chi connectivity index (χ1v) is 8.37. The van der Waals surface area contributed by atoms with E-state index < -0.39 is 0 Å². The summed E-state index contributed by atoms with van der Waals surface area (Å²) >= 11 is 0. The zero-order valence-corrected chi connectivity index (χ0v) is 15.4. The van der Waals surface area contributed by atoms with E-state index in [0.29, 0.717) is 24.0 Å². The van der Waals surface area contributed by atoms with Gasteiger partial charge in [-0.1, -0.05) is 6.92 Å². The van der Waals surface area contributed by atoms with E-state index in [1.54, 1.807) is 21.3 Å². The van der Waals surface area contributed by atoms with E-state index in [9.17, 15) is 0 Å². The lowest BCUT2D eigenvalue weighted by atomic mass is 10.0. The number of nitrogens with zero attached hydrogens (tertiary/aromatic N) is 2. The molecule has 6 heteroatoms. The van der Waals surface area contributed by atoms with Crippen molar-refractivity contribution in [3.05, 3.63) is 17.7 Å². The van der Waals surface area contributed by atoms with Crippen LogP contribution in [-0.2, 0) is 6.54 Å². The van der Waals surface area contributed by atoms with E-state index in [4.69, 9.17) is 14.2 Å². The van der Waals surface area contributed by atoms with Crippen LogP contribution in [0, 0.1) is 5.92 Å². The van der Waals surface area contributed by atoms with Crippen LogP contribution in [0.25, 0.3) is 0 Å². The molecule has 24 heavy (non-hydrogen) atoms. The van der Waals surface area contributed by atoms with Gasteiger partial charge in [-0.05, 0) is 24.8 Å². The van der Waals surface area contributed by atoms with Crippen molar-refractivity contribution in [3.63, 3.8) is 0 Å². The maximum absolute atomic E-state index is 5.49. The van der Waals surface area contributed by atoms with Gasteiger partial charge in [-0.15, -0.1) is 0 Å². The van der Waals surface area contributed by atoms with Crippen LogP contribution < -0.4 is 19.5 Å². The lowest BCUT2D eigenvalue weighted by molar-refractivity contribution is 0.265. The highest BCUT2D eigenvalue weighted by atomic mass is 16.5. The van der Waals surface area contributed by atoms with E-state index in [-0.39, 0.29) is 0 Å². The number of methoxy groups -OCH3 is 3. The highest BCUT2D eigenvalue weighted by Crippen LogP contribution is 2.34. The zero-order valence-electron chi connectivity index (χ0n) is 15.4. The van der Waals surface area contributed by atoms with Crippen LogP contribution in [0.2, 0.25) is 0 Å². The summed E-state index contributed by atoms with van der Waals surface area (Å²) in [6.07, 6.45) is 2.50. The molecular formula is C18H29N3O3. The molecule has 1 aliphatic heterocycles. The lowest BCUT2D eigenvalue weighted by Crippen LogP contribution is -2.45. The van der Waals surface area contributed by atoms with Gasteiger partial charge >= 0.3 is 0 Å². The van der Waals surface area contributed by atoms with Gasteiger partial charge in [0.1, 0.15) is 5.75 Å². The summed E-state index contributed by atoms with van der Waals surface area (Å²) in [6, 6.07) is 3.79. The van der Waals surface area contributed by atoms with Crippen molar-refractivity contribution in [2.45, 2.75) is 26.3 Å². The zero-order chi connectivity index (χ0) is 17.5. The number of hydrogen-bond acceptors (Lipinski definition) is 4. The van der Waals surface area contributed by atoms with E-state index in [1.807, 2.05) is 19.2 Å². The van der Waals surface area contributed by atoms with E-state index >= 15 is 0 Å². The maximum Gasteiger partial charge on any atom is 0.193 e. The quantitative estimate of drug-likeness (QED) is 0.662. The average molecular weight is 335 g/mol. The van der Waals surface area contributed by atoms with E-state index in [2.05, 4.69) is 22.1 Å². The van der Waals surface area contributed by atoms with Crippen LogP contribution in [0.1, 0.15) is 25.3 Å². The molecule has 1 aromatic rings. The largest absolute Gasteiger partial charge is 0.496 e. The van der Waals surface area contributed by atoms with Gasteiger partial charge in [0.2, 0.25) is 0 Å². The predicted molar refractivity (Wildman–Crippen MR) is 96.3 cm³/mol. The molecule has 0 radical (unpaired) electrons. The normalized spacial score (nSPS) is 18.3. The Kier molecular flexibility index (Phi) is 6.58. The van der Waals surface area contributed by atoms with Crippen molar-refractivity contribution in [1.82, 2.24) is 10.2 Å². The SMILES string of the molecule is CN=C(NCc1cc(OC)c(OC)cc1OC)N1CCCC(C)C1. The van der Waals surface area contributed by atoms with Gasteiger partial charge in [-0.3, -0.25) is 4.99 Å². The molecule has 1 unspecified atom stereocenters. The minimum atomic E-state index is 0.612. The number of guanidine groups is 1. The minimum absolute atomic E-state index is 0.612. The van der Waals surface area contributed by atoms with Gasteiger partial charge < -0.3 is 24.4 Å². The van der Waals surface area contributed by atoms with Crippen LogP contribution in [0.5, 0.6) is 17.2 Å². The molecule has 0 saturated carbocycles. The second kappa shape index (κ2) is 8.66. The minimum Gasteiger partial charge on any atom is -0.496 e. The van der Waals surface area contributed by atoms with E-state index in [1.165, 1.54) is 12.8 Å². The van der Waals surface area contributed by atoms with Gasteiger partial charge in [0.25, 0.3) is 0 Å². The number of piperidine rings is 1. The molecule has 0 aromatic heterocycles. The topological polar surface area (TPSA) is 55.3 Å². The van der Waals surface area contributed by atoms with Crippen LogP contribution in [0.3, 0.4) is 0 Å². The third-order valence-corrected chi connectivity index (χ3v) is 4.39. The highest BCUT2D eigenvalue weighted by molar-refractivity contribution is 5.80. The fourth-order valence-electron chi connectivity index (χ4n) is 3.12. The first kappa shape index (κ1) is 18.2. The van der Waals surface area contributed by atoms with Gasteiger partial charge in [-0.2, -0.15) is 0 Å². The van der Waals surface area contributed by atoms with Crippen LogP contribution in [0.4, 0.5) is 0 Å². The Labute approximate surface area is 144 Å². The Hall–Kier alpha value is -2.11. The molecule has 1 saturated heterocycles. The molecule has 134 valence electrons. The Morgan fingerprint density at radius 2 is 1.83 bits per heavy atom. The fourth-order valence-corrected chi connectivity index (χ4v) is 3.12. The molecule has 0 amide bonds. The smallest absolute Gasteiger partial charge is 0.193 e. The lowest BCUT2D eigenvalue weighted by Gasteiger charge is -2.33. The molecule has 1 aromatic carbocycles. The summed E-state index contributed by atoms with van der Waals surface area (Å²) in [6.45, 7) is 4.99. The summed E-state index contributed by atoms with van der Waals surface area (Å²) in [5.74, 6) is 3.75. The van der Waals surface area contributed by atoms with Crippen molar-refractivity contribution in [2.75, 3.05) is 41.5 Å². The first-order chi connectivity index (χ1) is 11.6. The summed E-state index contributed by atoms with van der Waals surface area (Å²) in [5.41, 5.74) is 1.00. The first-order valence-electron chi connectivity index (χ1n) is 8.37. The fraction of sp³-hybridized carbons (Fsp3) is 0.611. The molecule has 0 aliphatic carbocycles. The molecule has 1 heterocycles. The Morgan fingerprint density at radius 3 is 2.42 bits per heavy atom. The van der Waals surface area contributed by atoms with Crippen molar-refractivity contribution in [2.24, 2.45) is 10.9 Å². The van der Waals surface area contributed by atoms with Crippen molar-refractivity contribution < 1.29 is 14.2 Å². The molecule has 1 atom stereocenters. The average Bonchev–Trinajstić information content (AvgIpc) is 2.61. The molecule has 0 spiro atoms. The standard InChI is InChI=1S/C18H29N3O3/c1-13-7-6-8-21(12-13)18(19-2)20-11-14-9-16(23-4)17(24-5)10-15(14)22-3/h9-10,13H,6-8,11-12H2,1-5H3,(H,19,20). The van der Waals surface area contributed by atoms with E-state index in [0.717, 1.165) is 30.4 Å². The number of hydrogen-bond donors (Lipinski definition) is 1. The van der Waals surface area contributed by atoms with Crippen molar-refractivity contribution in [3.8, 4) is 17.2 Å². The number of rotatable bonds is 5. The summed E-state index contributed by atoms with van der Waals surface area (Å²) in [7, 11) is 6.74. The number of ether oxygens (including phenoxy) is 3. The van der Waals surface area contributed by atoms with Crippen molar-refractivity contribution >= 4 is 5.96 Å². The Morgan fingerprint density at radius 1 is 1.17 bits per heavy atom. The molecular weight excluding hydrogens is 306 g/mol. The predicted octanol–water partition coefficient (Wildman–Crippen LogP) is 2.52. The third-order valence-electron chi connectivity index (χ3n) is 4.39. The summed E-state index contributed by atoms with van der Waals surface area (Å²) in [4.78, 5) is 6.75. The molecule has 1 fully saturated rings. The molecule has 6 nitrogen and oxygen atoms in total. The van der Waals surface area contributed by atoms with Crippen LogP contribution in [0.15, 0.2) is 17.1 Å². The molecule has 2 rings (SSSR count). The van der Waals surface area contributed by atoms with Crippen LogP contribution in [-0.4, -0.2) is 52.3 Å². The van der Waals surface area contributed by atoms with Gasteiger partial charge in [0.05, 0.1) is 21.3 Å². The number of benzene rings is 1. The highest BCUT2D eigenvalue weighted by Gasteiger charge is 2.20.